The van der Waals surface area contributed by atoms with Crippen LogP contribution in [-0.4, -0.2) is 30.1 Å². The number of hydrogen-bond acceptors (Lipinski definition) is 6. The van der Waals surface area contributed by atoms with Gasteiger partial charge in [-0.1, -0.05) is 0 Å². The molecule has 5 rings (SSSR count). The first-order valence-electron chi connectivity index (χ1n) is 8.15. The van der Waals surface area contributed by atoms with Crippen LogP contribution in [0.25, 0.3) is 32.8 Å². The minimum absolute atomic E-state index is 0.737. The third kappa shape index (κ3) is 2.34. The molecule has 0 spiro atoms. The SMILES string of the molecule is Cc1cc2nc(-c3[nH]ncc3Nc3ncnc4sccc34)[nH]c2cc1C. The Morgan fingerprint density at radius 2 is 2.00 bits per heavy atom. The number of thiophene rings is 1. The van der Waals surface area contributed by atoms with E-state index in [1.807, 2.05) is 11.4 Å². The third-order valence-electron chi connectivity index (χ3n) is 4.49. The summed E-state index contributed by atoms with van der Waals surface area (Å²) in [6.07, 6.45) is 3.30. The highest BCUT2D eigenvalue weighted by Crippen LogP contribution is 2.31. The van der Waals surface area contributed by atoms with Gasteiger partial charge in [0.05, 0.1) is 28.3 Å². The minimum atomic E-state index is 0.737. The number of aromatic amines is 2. The zero-order chi connectivity index (χ0) is 17.7. The number of aromatic nitrogens is 6. The Balaban J connectivity index is 1.58. The fraction of sp³-hybridized carbons (Fsp3) is 0.111. The second-order valence-electron chi connectivity index (χ2n) is 6.18. The molecule has 0 amide bonds. The lowest BCUT2D eigenvalue weighted by molar-refractivity contribution is 1.08. The van der Waals surface area contributed by atoms with E-state index in [2.05, 4.69) is 56.4 Å². The van der Waals surface area contributed by atoms with Gasteiger partial charge in [0.2, 0.25) is 0 Å². The molecule has 8 heteroatoms. The Morgan fingerprint density at radius 1 is 1.12 bits per heavy atom. The zero-order valence-electron chi connectivity index (χ0n) is 14.2. The number of H-pyrrole nitrogens is 2. The Hall–Kier alpha value is -3.26. The van der Waals surface area contributed by atoms with Crippen LogP contribution in [0.3, 0.4) is 0 Å². The van der Waals surface area contributed by atoms with Crippen molar-refractivity contribution in [1.29, 1.82) is 0 Å². The summed E-state index contributed by atoms with van der Waals surface area (Å²) < 4.78 is 0. The number of fused-ring (bicyclic) bond motifs is 2. The van der Waals surface area contributed by atoms with Crippen molar-refractivity contribution in [2.45, 2.75) is 13.8 Å². The van der Waals surface area contributed by atoms with Gasteiger partial charge >= 0.3 is 0 Å². The van der Waals surface area contributed by atoms with E-state index in [4.69, 9.17) is 4.98 Å². The Morgan fingerprint density at radius 3 is 2.92 bits per heavy atom. The molecule has 1 aromatic carbocycles. The average molecular weight is 361 g/mol. The van der Waals surface area contributed by atoms with Crippen LogP contribution >= 0.6 is 11.3 Å². The van der Waals surface area contributed by atoms with Gasteiger partial charge in [-0.2, -0.15) is 5.10 Å². The highest BCUT2D eigenvalue weighted by Gasteiger charge is 2.15. The van der Waals surface area contributed by atoms with Crippen LogP contribution in [0.2, 0.25) is 0 Å². The number of rotatable bonds is 3. The van der Waals surface area contributed by atoms with Gasteiger partial charge in [0.1, 0.15) is 22.7 Å². The molecule has 0 aliphatic carbocycles. The topological polar surface area (TPSA) is 95.2 Å². The van der Waals surface area contributed by atoms with Gasteiger partial charge in [0.25, 0.3) is 0 Å². The highest BCUT2D eigenvalue weighted by atomic mass is 32.1. The van der Waals surface area contributed by atoms with E-state index < -0.39 is 0 Å². The Labute approximate surface area is 152 Å². The van der Waals surface area contributed by atoms with Crippen LogP contribution in [0.1, 0.15) is 11.1 Å². The first-order valence-corrected chi connectivity index (χ1v) is 9.03. The summed E-state index contributed by atoms with van der Waals surface area (Å²) in [5.74, 6) is 1.49. The van der Waals surface area contributed by atoms with E-state index in [9.17, 15) is 0 Å². The fourth-order valence-corrected chi connectivity index (χ4v) is 3.70. The lowest BCUT2D eigenvalue weighted by Gasteiger charge is -2.05. The fourth-order valence-electron chi connectivity index (χ4n) is 2.97. The molecule has 5 aromatic rings. The quantitative estimate of drug-likeness (QED) is 0.445. The average Bonchev–Trinajstić information content (AvgIpc) is 3.34. The van der Waals surface area contributed by atoms with Gasteiger partial charge in [-0.25, -0.2) is 15.0 Å². The minimum Gasteiger partial charge on any atom is -0.337 e. The van der Waals surface area contributed by atoms with Crippen LogP contribution in [0, 0.1) is 13.8 Å². The lowest BCUT2D eigenvalue weighted by atomic mass is 10.1. The maximum atomic E-state index is 4.71. The summed E-state index contributed by atoms with van der Waals surface area (Å²) in [6, 6.07) is 6.21. The van der Waals surface area contributed by atoms with Gasteiger partial charge in [-0.05, 0) is 48.6 Å². The number of benzene rings is 1. The third-order valence-corrected chi connectivity index (χ3v) is 5.31. The second-order valence-corrected chi connectivity index (χ2v) is 7.08. The van der Waals surface area contributed by atoms with E-state index in [0.29, 0.717) is 0 Å². The zero-order valence-corrected chi connectivity index (χ0v) is 15.0. The first kappa shape index (κ1) is 15.0. The monoisotopic (exact) mass is 361 g/mol. The van der Waals surface area contributed by atoms with Crippen LogP contribution < -0.4 is 5.32 Å². The molecule has 0 bridgehead atoms. The standard InChI is InChI=1S/C18H15N7S/c1-9-5-12-13(6-10(9)2)23-17(22-12)15-14(7-21-25-15)24-16-11-3-4-26-18(11)20-8-19-16/h3-8H,1-2H3,(H,21,25)(H,22,23)(H,19,20,24). The molecule has 0 aliphatic rings. The summed E-state index contributed by atoms with van der Waals surface area (Å²) in [6.45, 7) is 4.19. The van der Waals surface area contributed by atoms with Crippen molar-refractivity contribution in [3.05, 3.63) is 47.2 Å². The van der Waals surface area contributed by atoms with Crippen LogP contribution in [0.4, 0.5) is 11.5 Å². The van der Waals surface area contributed by atoms with Crippen molar-refractivity contribution in [3.63, 3.8) is 0 Å². The summed E-state index contributed by atoms with van der Waals surface area (Å²) in [5, 5.41) is 13.5. The first-order chi connectivity index (χ1) is 12.7. The molecule has 4 aromatic heterocycles. The molecular weight excluding hydrogens is 346 g/mol. The van der Waals surface area contributed by atoms with Crippen molar-refractivity contribution in [1.82, 2.24) is 30.1 Å². The smallest absolute Gasteiger partial charge is 0.158 e. The molecule has 3 N–H and O–H groups in total. The van der Waals surface area contributed by atoms with Crippen molar-refractivity contribution in [3.8, 4) is 11.5 Å². The number of aryl methyl sites for hydroxylation is 2. The van der Waals surface area contributed by atoms with E-state index in [0.717, 1.165) is 44.3 Å². The largest absolute Gasteiger partial charge is 0.337 e. The van der Waals surface area contributed by atoms with Crippen molar-refractivity contribution in [2.75, 3.05) is 5.32 Å². The van der Waals surface area contributed by atoms with Crippen molar-refractivity contribution < 1.29 is 0 Å². The molecule has 0 saturated heterocycles. The number of nitrogens with one attached hydrogen (secondary N) is 3. The molecule has 7 nitrogen and oxygen atoms in total. The van der Waals surface area contributed by atoms with Gasteiger partial charge in [-0.3, -0.25) is 5.10 Å². The molecule has 0 aliphatic heterocycles. The highest BCUT2D eigenvalue weighted by molar-refractivity contribution is 7.16. The predicted octanol–water partition coefficient (Wildman–Crippen LogP) is 4.32. The van der Waals surface area contributed by atoms with Gasteiger partial charge < -0.3 is 10.3 Å². The molecule has 4 heterocycles. The molecule has 0 saturated carbocycles. The predicted molar refractivity (Wildman–Crippen MR) is 104 cm³/mol. The van der Waals surface area contributed by atoms with Gasteiger partial charge in [0.15, 0.2) is 5.82 Å². The summed E-state index contributed by atoms with van der Waals surface area (Å²) in [7, 11) is 0. The maximum Gasteiger partial charge on any atom is 0.158 e. The van der Waals surface area contributed by atoms with E-state index in [1.165, 1.54) is 11.1 Å². The Kier molecular flexibility index (Phi) is 3.26. The van der Waals surface area contributed by atoms with Crippen molar-refractivity contribution >= 4 is 44.1 Å². The van der Waals surface area contributed by atoms with Crippen LogP contribution in [-0.2, 0) is 0 Å². The number of nitrogens with zero attached hydrogens (tertiary/aromatic N) is 4. The van der Waals surface area contributed by atoms with E-state index in [-0.39, 0.29) is 0 Å². The molecule has 0 fully saturated rings. The van der Waals surface area contributed by atoms with Crippen molar-refractivity contribution in [2.24, 2.45) is 0 Å². The molecule has 128 valence electrons. The van der Waals surface area contributed by atoms with E-state index in [1.54, 1.807) is 23.9 Å². The lowest BCUT2D eigenvalue weighted by Crippen LogP contribution is -1.96. The number of anilines is 2. The Bertz CT molecular complexity index is 1210. The summed E-state index contributed by atoms with van der Waals surface area (Å²) in [4.78, 5) is 17.7. The molecule has 26 heavy (non-hydrogen) atoms. The normalized spacial score (nSPS) is 11.5. The van der Waals surface area contributed by atoms with Gasteiger partial charge in [0, 0.05) is 0 Å². The molecule has 0 unspecified atom stereocenters. The maximum absolute atomic E-state index is 4.71. The summed E-state index contributed by atoms with van der Waals surface area (Å²) >= 11 is 1.59. The molecule has 0 atom stereocenters. The van der Waals surface area contributed by atoms with Gasteiger partial charge in [-0.15, -0.1) is 11.3 Å². The van der Waals surface area contributed by atoms with Crippen LogP contribution in [0.5, 0.6) is 0 Å². The number of imidazole rings is 1. The second kappa shape index (κ2) is 5.63. The molecule has 0 radical (unpaired) electrons. The molecular formula is C18H15N7S. The number of hydrogen-bond donors (Lipinski definition) is 3. The van der Waals surface area contributed by atoms with E-state index >= 15 is 0 Å². The van der Waals surface area contributed by atoms with Crippen LogP contribution in [0.15, 0.2) is 36.1 Å². The summed E-state index contributed by atoms with van der Waals surface area (Å²) in [5.41, 5.74) is 6.00.